The molecule has 1 aliphatic rings. The number of ether oxygens (including phenoxy) is 3. The summed E-state index contributed by atoms with van der Waals surface area (Å²) in [5, 5.41) is 4.12. The second kappa shape index (κ2) is 9.81. The molecule has 0 saturated carbocycles. The van der Waals surface area contributed by atoms with E-state index in [1.54, 1.807) is 39.3 Å². The maximum atomic E-state index is 13.3. The van der Waals surface area contributed by atoms with Gasteiger partial charge in [-0.15, -0.1) is 0 Å². The molecule has 1 aromatic heterocycles. The molecule has 0 bridgehead atoms. The number of benzene rings is 2. The van der Waals surface area contributed by atoms with Gasteiger partial charge in [-0.3, -0.25) is 4.79 Å². The lowest BCUT2D eigenvalue weighted by atomic mass is 9.96. The largest absolute Gasteiger partial charge is 0.497 e. The Hall–Kier alpha value is -3.75. The summed E-state index contributed by atoms with van der Waals surface area (Å²) in [5.74, 6) is 2.33. The topological polar surface area (TPSA) is 90.2 Å². The van der Waals surface area contributed by atoms with Gasteiger partial charge in [-0.05, 0) is 49.2 Å². The number of carbonyl (C=O) groups excluding carboxylic acids is 1. The predicted octanol–water partition coefficient (Wildman–Crippen LogP) is 3.64. The highest BCUT2D eigenvalue weighted by atomic mass is 16.5. The normalized spacial score (nSPS) is 15.8. The van der Waals surface area contributed by atoms with Gasteiger partial charge in [-0.25, -0.2) is 0 Å². The molecule has 0 N–H and O–H groups in total. The molecule has 2 heterocycles. The Morgan fingerprint density at radius 1 is 1.06 bits per heavy atom. The van der Waals surface area contributed by atoms with Gasteiger partial charge in [-0.2, -0.15) is 4.98 Å². The smallest absolute Gasteiger partial charge is 0.324 e. The second-order valence-electron chi connectivity index (χ2n) is 7.85. The molecular weight excluding hydrogens is 424 g/mol. The number of nitrogens with zero attached hydrogens (tertiary/aromatic N) is 4. The van der Waals surface area contributed by atoms with E-state index in [1.807, 2.05) is 41.3 Å². The number of anilines is 2. The Balaban J connectivity index is 1.47. The van der Waals surface area contributed by atoms with E-state index in [0.717, 1.165) is 30.7 Å². The molecule has 1 aliphatic heterocycles. The average Bonchev–Trinajstić information content (AvgIpc) is 3.38. The minimum atomic E-state index is -0.202. The first-order valence-corrected chi connectivity index (χ1v) is 10.8. The van der Waals surface area contributed by atoms with Crippen LogP contribution in [0.15, 0.2) is 47.0 Å². The third kappa shape index (κ3) is 4.72. The number of rotatable bonds is 7. The maximum Gasteiger partial charge on any atom is 0.324 e. The first kappa shape index (κ1) is 22.4. The molecule has 9 heteroatoms. The minimum absolute atomic E-state index is 0.0121. The van der Waals surface area contributed by atoms with E-state index in [2.05, 4.69) is 10.1 Å². The van der Waals surface area contributed by atoms with Crippen LogP contribution < -0.4 is 24.0 Å². The van der Waals surface area contributed by atoms with Gasteiger partial charge in [0, 0.05) is 31.8 Å². The molecule has 4 rings (SSSR count). The van der Waals surface area contributed by atoms with E-state index in [4.69, 9.17) is 18.7 Å². The van der Waals surface area contributed by atoms with Gasteiger partial charge in [0.1, 0.15) is 17.2 Å². The number of piperidine rings is 1. The fourth-order valence-corrected chi connectivity index (χ4v) is 4.01. The molecule has 0 spiro atoms. The highest BCUT2D eigenvalue weighted by Crippen LogP contribution is 2.33. The molecule has 1 amide bonds. The van der Waals surface area contributed by atoms with E-state index in [9.17, 15) is 4.79 Å². The number of methoxy groups -OCH3 is 3. The van der Waals surface area contributed by atoms with Crippen LogP contribution in [-0.2, 0) is 4.79 Å². The molecule has 0 radical (unpaired) electrons. The highest BCUT2D eigenvalue weighted by Gasteiger charge is 2.31. The summed E-state index contributed by atoms with van der Waals surface area (Å²) < 4.78 is 21.4. The van der Waals surface area contributed by atoms with Crippen molar-refractivity contribution in [2.75, 3.05) is 51.3 Å². The van der Waals surface area contributed by atoms with Crippen molar-refractivity contribution in [3.63, 3.8) is 0 Å². The molecule has 174 valence electrons. The van der Waals surface area contributed by atoms with Crippen LogP contribution >= 0.6 is 0 Å². The summed E-state index contributed by atoms with van der Waals surface area (Å²) >= 11 is 0. The van der Waals surface area contributed by atoms with Crippen molar-refractivity contribution in [3.8, 4) is 28.6 Å². The molecule has 3 aromatic rings. The van der Waals surface area contributed by atoms with E-state index < -0.39 is 0 Å². The fraction of sp³-hybridized carbons (Fsp3) is 0.375. The van der Waals surface area contributed by atoms with Gasteiger partial charge < -0.3 is 28.5 Å². The zero-order chi connectivity index (χ0) is 23.4. The van der Waals surface area contributed by atoms with Crippen LogP contribution in [0.4, 0.5) is 11.7 Å². The molecule has 0 aliphatic carbocycles. The molecule has 1 fully saturated rings. The van der Waals surface area contributed by atoms with Crippen LogP contribution in [0.3, 0.4) is 0 Å². The van der Waals surface area contributed by atoms with E-state index in [-0.39, 0.29) is 11.8 Å². The van der Waals surface area contributed by atoms with Crippen molar-refractivity contribution in [3.05, 3.63) is 42.5 Å². The Morgan fingerprint density at radius 3 is 2.48 bits per heavy atom. The van der Waals surface area contributed by atoms with Crippen molar-refractivity contribution in [2.24, 2.45) is 5.92 Å². The van der Waals surface area contributed by atoms with Gasteiger partial charge in [0.05, 0.1) is 32.9 Å². The fourth-order valence-electron chi connectivity index (χ4n) is 4.01. The van der Waals surface area contributed by atoms with Crippen molar-refractivity contribution < 1.29 is 23.5 Å². The van der Waals surface area contributed by atoms with Gasteiger partial charge in [-0.1, -0.05) is 5.16 Å². The molecule has 33 heavy (non-hydrogen) atoms. The van der Waals surface area contributed by atoms with Crippen molar-refractivity contribution >= 4 is 17.6 Å². The van der Waals surface area contributed by atoms with Gasteiger partial charge >= 0.3 is 6.01 Å². The average molecular weight is 453 g/mol. The quantitative estimate of drug-likeness (QED) is 0.537. The third-order valence-electron chi connectivity index (χ3n) is 5.88. The highest BCUT2D eigenvalue weighted by molar-refractivity contribution is 5.96. The van der Waals surface area contributed by atoms with Crippen LogP contribution in [0.2, 0.25) is 0 Å². The molecular formula is C24H28N4O5. The van der Waals surface area contributed by atoms with E-state index in [0.29, 0.717) is 35.6 Å². The lowest BCUT2D eigenvalue weighted by Crippen LogP contribution is -2.44. The monoisotopic (exact) mass is 452 g/mol. The lowest BCUT2D eigenvalue weighted by molar-refractivity contribution is -0.122. The number of hydrogen-bond acceptors (Lipinski definition) is 8. The van der Waals surface area contributed by atoms with Gasteiger partial charge in [0.15, 0.2) is 0 Å². The number of carbonyl (C=O) groups is 1. The van der Waals surface area contributed by atoms with Crippen LogP contribution in [0.5, 0.6) is 17.2 Å². The number of aromatic nitrogens is 2. The van der Waals surface area contributed by atoms with E-state index in [1.165, 1.54) is 0 Å². The van der Waals surface area contributed by atoms with Crippen molar-refractivity contribution in [2.45, 2.75) is 12.8 Å². The van der Waals surface area contributed by atoms with Crippen LogP contribution in [-0.4, -0.2) is 57.5 Å². The maximum absolute atomic E-state index is 13.3. The Bertz CT molecular complexity index is 1100. The first-order valence-electron chi connectivity index (χ1n) is 10.8. The summed E-state index contributed by atoms with van der Waals surface area (Å²) in [6.45, 7) is 1.26. The minimum Gasteiger partial charge on any atom is -0.497 e. The van der Waals surface area contributed by atoms with Gasteiger partial charge in [0.2, 0.25) is 11.7 Å². The molecule has 1 atom stereocenters. The Morgan fingerprint density at radius 2 is 1.79 bits per heavy atom. The SMILES string of the molecule is COc1ccc(-c2noc(N3CCC[C@H](C(=O)N(C)c4ccc(OC)cc4OC)C3)n2)cc1. The van der Waals surface area contributed by atoms with Crippen LogP contribution in [0, 0.1) is 5.92 Å². The number of amides is 1. The summed E-state index contributed by atoms with van der Waals surface area (Å²) in [4.78, 5) is 21.5. The summed E-state index contributed by atoms with van der Waals surface area (Å²) in [6, 6.07) is 13.3. The van der Waals surface area contributed by atoms with Crippen LogP contribution in [0.1, 0.15) is 12.8 Å². The predicted molar refractivity (Wildman–Crippen MR) is 124 cm³/mol. The summed E-state index contributed by atoms with van der Waals surface area (Å²) in [7, 11) is 6.56. The van der Waals surface area contributed by atoms with Gasteiger partial charge in [0.25, 0.3) is 0 Å². The van der Waals surface area contributed by atoms with Crippen molar-refractivity contribution in [1.82, 2.24) is 10.1 Å². The number of hydrogen-bond donors (Lipinski definition) is 0. The summed E-state index contributed by atoms with van der Waals surface area (Å²) in [5.41, 5.74) is 1.53. The zero-order valence-electron chi connectivity index (χ0n) is 19.3. The standard InChI is InChI=1S/C24H28N4O5/c1-27(20-12-11-19(31-3)14-21(20)32-4)23(29)17-6-5-13-28(15-17)24-25-22(26-33-24)16-7-9-18(30-2)10-8-16/h7-12,14,17H,5-6,13,15H2,1-4H3/t17-/m0/s1. The molecule has 2 aromatic carbocycles. The van der Waals surface area contributed by atoms with Crippen molar-refractivity contribution in [1.29, 1.82) is 0 Å². The Kier molecular flexibility index (Phi) is 6.67. The zero-order valence-corrected chi connectivity index (χ0v) is 19.3. The van der Waals surface area contributed by atoms with E-state index >= 15 is 0 Å². The molecule has 9 nitrogen and oxygen atoms in total. The Labute approximate surface area is 192 Å². The molecule has 0 unspecified atom stereocenters. The third-order valence-corrected chi connectivity index (χ3v) is 5.88. The first-order chi connectivity index (χ1) is 16.0. The second-order valence-corrected chi connectivity index (χ2v) is 7.85. The molecule has 1 saturated heterocycles. The lowest BCUT2D eigenvalue weighted by Gasteiger charge is -2.33. The van der Waals surface area contributed by atoms with Crippen LogP contribution in [0.25, 0.3) is 11.4 Å². The summed E-state index contributed by atoms with van der Waals surface area (Å²) in [6.07, 6.45) is 1.64.